The third-order valence-corrected chi connectivity index (χ3v) is 5.45. The first-order valence-corrected chi connectivity index (χ1v) is 10.0. The first-order chi connectivity index (χ1) is 13.9. The number of aromatic nitrogens is 4. The number of hydrogen-bond donors (Lipinski definition) is 0. The number of rotatable bonds is 5. The molecule has 1 aromatic carbocycles. The highest BCUT2D eigenvalue weighted by atomic mass is 16.5. The van der Waals surface area contributed by atoms with E-state index in [0.717, 1.165) is 12.2 Å². The summed E-state index contributed by atoms with van der Waals surface area (Å²) >= 11 is 0. The van der Waals surface area contributed by atoms with Crippen molar-refractivity contribution in [3.63, 3.8) is 0 Å². The van der Waals surface area contributed by atoms with E-state index >= 15 is 0 Å². The van der Waals surface area contributed by atoms with Crippen LogP contribution in [0.3, 0.4) is 0 Å². The maximum Gasteiger partial charge on any atom is 0.332 e. The van der Waals surface area contributed by atoms with Gasteiger partial charge < -0.3 is 14.2 Å². The minimum absolute atomic E-state index is 0.229. The van der Waals surface area contributed by atoms with Gasteiger partial charge in [-0.05, 0) is 31.9 Å². The molecule has 1 aliphatic heterocycles. The number of benzene rings is 1. The number of aryl methyl sites for hydroxylation is 2. The second kappa shape index (κ2) is 7.51. The predicted molar refractivity (Wildman–Crippen MR) is 113 cm³/mol. The van der Waals surface area contributed by atoms with Crippen molar-refractivity contribution in [2.24, 2.45) is 13.0 Å². The van der Waals surface area contributed by atoms with Crippen LogP contribution in [-0.4, -0.2) is 38.4 Å². The number of hydrogen-bond acceptors (Lipinski definition) is 5. The van der Waals surface area contributed by atoms with E-state index in [9.17, 15) is 9.59 Å². The summed E-state index contributed by atoms with van der Waals surface area (Å²) in [6.07, 6.45) is 0. The Morgan fingerprint density at radius 3 is 2.59 bits per heavy atom. The van der Waals surface area contributed by atoms with E-state index in [1.165, 1.54) is 14.7 Å². The average Bonchev–Trinajstić information content (AvgIpc) is 3.08. The summed E-state index contributed by atoms with van der Waals surface area (Å²) < 4.78 is 10.0. The standard InChI is InChI=1S/C21H27N5O3/c1-5-29-11-10-24-19(27)17-18(23(4)21(24)28)22-20-25(12-15(3)13-26(17)20)16-8-6-14(2)7-9-16/h6-9,15H,5,10-13H2,1-4H3. The Kier molecular flexibility index (Phi) is 5.04. The second-order valence-electron chi connectivity index (χ2n) is 7.74. The summed E-state index contributed by atoms with van der Waals surface area (Å²) in [5, 5.41) is 0. The predicted octanol–water partition coefficient (Wildman–Crippen LogP) is 2.03. The van der Waals surface area contributed by atoms with Gasteiger partial charge in [-0.2, -0.15) is 4.98 Å². The van der Waals surface area contributed by atoms with Crippen LogP contribution in [0.15, 0.2) is 33.9 Å². The normalized spacial score (nSPS) is 16.4. The molecule has 0 bridgehead atoms. The van der Waals surface area contributed by atoms with Gasteiger partial charge in [0.15, 0.2) is 11.2 Å². The zero-order chi connectivity index (χ0) is 20.7. The lowest BCUT2D eigenvalue weighted by molar-refractivity contribution is 0.137. The van der Waals surface area contributed by atoms with Crippen molar-refractivity contribution >= 4 is 22.8 Å². The largest absolute Gasteiger partial charge is 0.380 e. The molecule has 4 rings (SSSR count). The molecule has 0 saturated heterocycles. The lowest BCUT2D eigenvalue weighted by Crippen LogP contribution is -2.41. The van der Waals surface area contributed by atoms with Crippen molar-refractivity contribution in [2.45, 2.75) is 33.9 Å². The summed E-state index contributed by atoms with van der Waals surface area (Å²) in [5.41, 5.74) is 2.44. The molecule has 1 unspecified atom stereocenters. The Hall–Kier alpha value is -2.87. The molecule has 3 heterocycles. The van der Waals surface area contributed by atoms with Gasteiger partial charge >= 0.3 is 5.69 Å². The third kappa shape index (κ3) is 3.27. The lowest BCUT2D eigenvalue weighted by atomic mass is 10.1. The summed E-state index contributed by atoms with van der Waals surface area (Å²) in [7, 11) is 1.67. The molecule has 154 valence electrons. The highest BCUT2D eigenvalue weighted by Crippen LogP contribution is 2.32. The molecule has 0 radical (unpaired) electrons. The molecule has 0 N–H and O–H groups in total. The summed E-state index contributed by atoms with van der Waals surface area (Å²) in [4.78, 5) is 32.9. The van der Waals surface area contributed by atoms with Crippen LogP contribution in [0.4, 0.5) is 11.6 Å². The average molecular weight is 397 g/mol. The monoisotopic (exact) mass is 397 g/mol. The van der Waals surface area contributed by atoms with Gasteiger partial charge in [0.25, 0.3) is 5.56 Å². The van der Waals surface area contributed by atoms with Crippen molar-refractivity contribution in [3.8, 4) is 0 Å². The molecule has 8 heteroatoms. The molecule has 0 saturated carbocycles. The van der Waals surface area contributed by atoms with Gasteiger partial charge in [-0.1, -0.05) is 24.6 Å². The van der Waals surface area contributed by atoms with Gasteiger partial charge in [-0.3, -0.25) is 13.9 Å². The minimum Gasteiger partial charge on any atom is -0.380 e. The Morgan fingerprint density at radius 2 is 1.90 bits per heavy atom. The molecular weight excluding hydrogens is 370 g/mol. The summed E-state index contributed by atoms with van der Waals surface area (Å²) in [6, 6.07) is 8.27. The molecular formula is C21H27N5O3. The maximum absolute atomic E-state index is 13.2. The van der Waals surface area contributed by atoms with Crippen molar-refractivity contribution < 1.29 is 4.74 Å². The number of nitrogens with zero attached hydrogens (tertiary/aromatic N) is 5. The van der Waals surface area contributed by atoms with Crippen LogP contribution in [0.5, 0.6) is 0 Å². The van der Waals surface area contributed by atoms with Crippen molar-refractivity contribution in [2.75, 3.05) is 24.7 Å². The van der Waals surface area contributed by atoms with E-state index in [4.69, 9.17) is 9.72 Å². The Morgan fingerprint density at radius 1 is 1.17 bits per heavy atom. The quantitative estimate of drug-likeness (QED) is 0.616. The number of ether oxygens (including phenoxy) is 1. The van der Waals surface area contributed by atoms with Gasteiger partial charge in [0.05, 0.1) is 13.2 Å². The van der Waals surface area contributed by atoms with Crippen molar-refractivity contribution in [1.82, 2.24) is 18.7 Å². The smallest absolute Gasteiger partial charge is 0.332 e. The molecule has 1 atom stereocenters. The van der Waals surface area contributed by atoms with Crippen LogP contribution in [0.2, 0.25) is 0 Å². The van der Waals surface area contributed by atoms with Crippen LogP contribution < -0.4 is 16.1 Å². The number of imidazole rings is 1. The van der Waals surface area contributed by atoms with E-state index in [1.807, 2.05) is 11.5 Å². The van der Waals surface area contributed by atoms with Gasteiger partial charge in [0.1, 0.15) is 0 Å². The fraction of sp³-hybridized carbons (Fsp3) is 0.476. The van der Waals surface area contributed by atoms with Crippen LogP contribution >= 0.6 is 0 Å². The third-order valence-electron chi connectivity index (χ3n) is 5.45. The Balaban J connectivity index is 1.91. The van der Waals surface area contributed by atoms with E-state index in [1.54, 1.807) is 7.05 Å². The summed E-state index contributed by atoms with van der Waals surface area (Å²) in [5.74, 6) is 1.03. The van der Waals surface area contributed by atoms with Crippen molar-refractivity contribution in [3.05, 3.63) is 50.7 Å². The highest BCUT2D eigenvalue weighted by molar-refractivity contribution is 5.77. The second-order valence-corrected chi connectivity index (χ2v) is 7.74. The molecule has 0 amide bonds. The van der Waals surface area contributed by atoms with Gasteiger partial charge in [-0.15, -0.1) is 0 Å². The van der Waals surface area contributed by atoms with Crippen LogP contribution in [0.25, 0.3) is 11.2 Å². The van der Waals surface area contributed by atoms with E-state index in [0.29, 0.717) is 42.8 Å². The minimum atomic E-state index is -0.368. The fourth-order valence-corrected chi connectivity index (χ4v) is 3.94. The van der Waals surface area contributed by atoms with Gasteiger partial charge in [0, 0.05) is 32.4 Å². The van der Waals surface area contributed by atoms with Crippen LogP contribution in [-0.2, 0) is 24.9 Å². The summed E-state index contributed by atoms with van der Waals surface area (Å²) in [6.45, 7) is 8.69. The van der Waals surface area contributed by atoms with Crippen molar-refractivity contribution in [1.29, 1.82) is 0 Å². The molecule has 29 heavy (non-hydrogen) atoms. The van der Waals surface area contributed by atoms with E-state index < -0.39 is 0 Å². The number of fused-ring (bicyclic) bond motifs is 3. The van der Waals surface area contributed by atoms with Crippen LogP contribution in [0, 0.1) is 12.8 Å². The Bertz CT molecular complexity index is 1160. The van der Waals surface area contributed by atoms with Gasteiger partial charge in [0.2, 0.25) is 5.95 Å². The molecule has 8 nitrogen and oxygen atoms in total. The van der Waals surface area contributed by atoms with E-state index in [2.05, 4.69) is 43.0 Å². The fourth-order valence-electron chi connectivity index (χ4n) is 3.94. The Labute approximate surface area is 169 Å². The van der Waals surface area contributed by atoms with E-state index in [-0.39, 0.29) is 17.8 Å². The SMILES string of the molecule is CCOCCn1c(=O)c2c(nc3n2CC(C)CN3c2ccc(C)cc2)n(C)c1=O. The van der Waals surface area contributed by atoms with Gasteiger partial charge in [-0.25, -0.2) is 4.79 Å². The first-order valence-electron chi connectivity index (χ1n) is 10.0. The zero-order valence-electron chi connectivity index (χ0n) is 17.4. The maximum atomic E-state index is 13.2. The number of anilines is 2. The zero-order valence-corrected chi connectivity index (χ0v) is 17.4. The molecule has 1 aliphatic rings. The topological polar surface area (TPSA) is 74.3 Å². The molecule has 0 fully saturated rings. The van der Waals surface area contributed by atoms with Crippen LogP contribution in [0.1, 0.15) is 19.4 Å². The highest BCUT2D eigenvalue weighted by Gasteiger charge is 2.29. The molecule has 3 aromatic rings. The molecule has 0 spiro atoms. The first kappa shape index (κ1) is 19.4. The lowest BCUT2D eigenvalue weighted by Gasteiger charge is -2.33. The molecule has 2 aromatic heterocycles. The molecule has 0 aliphatic carbocycles.